The van der Waals surface area contributed by atoms with E-state index in [-0.39, 0.29) is 70.2 Å². The third-order valence-electron chi connectivity index (χ3n) is 11.0. The maximum atomic E-state index is 11.6. The molecule has 3 aliphatic rings. The lowest BCUT2D eigenvalue weighted by Gasteiger charge is -2.28. The summed E-state index contributed by atoms with van der Waals surface area (Å²) in [6.07, 6.45) is -5.21. The fourth-order valence-electron chi connectivity index (χ4n) is 7.98. The molecule has 0 aromatic carbocycles. The Bertz CT molecular complexity index is 2860. The third kappa shape index (κ3) is 9.06. The van der Waals surface area contributed by atoms with Gasteiger partial charge in [-0.25, -0.2) is 44.9 Å². The summed E-state index contributed by atoms with van der Waals surface area (Å²) < 4.78 is 52.5. The van der Waals surface area contributed by atoms with E-state index in [2.05, 4.69) is 44.9 Å². The van der Waals surface area contributed by atoms with Gasteiger partial charge < -0.3 is 74.8 Å². The quantitative estimate of drug-likeness (QED) is 0.0517. The van der Waals surface area contributed by atoms with E-state index in [0.29, 0.717) is 0 Å². The Morgan fingerprint density at radius 1 is 0.697 bits per heavy atom. The SMILES string of the molecule is COC1C(COP(O)(=S)OC2CC(CCC(=O)O)OC2n2cnc3c(N)ncnc32)OC(n2cnc3c(N)ncnc32)C1OP(O)(=S)OCC1OC(n2cnc3c(N)ncnc32)C(O)C1O. The highest BCUT2D eigenvalue weighted by atomic mass is 32.5. The number of nitrogens with two attached hydrogens (primary N) is 3. The molecular formula is C33H41N15O14P2S2. The van der Waals surface area contributed by atoms with E-state index in [4.69, 9.17) is 77.9 Å². The molecule has 6 aromatic rings. The zero-order valence-electron chi connectivity index (χ0n) is 34.1. The Morgan fingerprint density at radius 2 is 1.18 bits per heavy atom. The molecule has 13 atom stereocenters. The number of carbonyl (C=O) groups is 1. The van der Waals surface area contributed by atoms with E-state index in [9.17, 15) is 29.9 Å². The second kappa shape index (κ2) is 18.4. The van der Waals surface area contributed by atoms with Crippen molar-refractivity contribution in [1.29, 1.82) is 0 Å². The first-order valence-electron chi connectivity index (χ1n) is 19.7. The van der Waals surface area contributed by atoms with Gasteiger partial charge in [0.05, 0.1) is 38.3 Å². The number of fused-ring (bicyclic) bond motifs is 3. The van der Waals surface area contributed by atoms with Crippen molar-refractivity contribution in [3.05, 3.63) is 38.0 Å². The lowest BCUT2D eigenvalue weighted by atomic mass is 10.1. The molecule has 0 spiro atoms. The van der Waals surface area contributed by atoms with Gasteiger partial charge in [-0.15, -0.1) is 0 Å². The Hall–Kier alpha value is -4.66. The number of carboxylic acids is 1. The number of aromatic nitrogens is 12. The smallest absolute Gasteiger partial charge is 0.325 e. The second-order valence-corrected chi connectivity index (χ2v) is 20.7. The molecule has 9 heterocycles. The van der Waals surface area contributed by atoms with Gasteiger partial charge in [0, 0.05) is 20.0 Å². The van der Waals surface area contributed by atoms with Crippen LogP contribution in [0.1, 0.15) is 37.9 Å². The molecule has 0 aliphatic carbocycles. The van der Waals surface area contributed by atoms with Crippen LogP contribution >= 0.6 is 13.4 Å². The van der Waals surface area contributed by atoms with Crippen molar-refractivity contribution in [3.63, 3.8) is 0 Å². The number of nitrogen functional groups attached to an aromatic ring is 3. The van der Waals surface area contributed by atoms with Crippen LogP contribution in [0, 0.1) is 0 Å². The first kappa shape index (κ1) is 46.5. The van der Waals surface area contributed by atoms with Crippen LogP contribution in [0.15, 0.2) is 38.0 Å². The summed E-state index contributed by atoms with van der Waals surface area (Å²) in [5, 5.41) is 31.3. The van der Waals surface area contributed by atoms with Crippen LogP contribution in [0.2, 0.25) is 0 Å². The topological polar surface area (TPSA) is 401 Å². The molecule has 11 N–H and O–H groups in total. The summed E-state index contributed by atoms with van der Waals surface area (Å²) in [7, 11) is 1.32. The molecule has 66 heavy (non-hydrogen) atoms. The summed E-state index contributed by atoms with van der Waals surface area (Å²) >= 11 is 11.0. The van der Waals surface area contributed by atoms with E-state index >= 15 is 0 Å². The van der Waals surface area contributed by atoms with Crippen LogP contribution in [-0.4, -0.2) is 159 Å². The number of anilines is 3. The number of hydrogen-bond donors (Lipinski definition) is 8. The number of nitrogens with zero attached hydrogens (tertiary/aromatic N) is 12. The van der Waals surface area contributed by atoms with Crippen molar-refractivity contribution in [2.45, 2.75) is 86.8 Å². The molecule has 13 unspecified atom stereocenters. The van der Waals surface area contributed by atoms with Crippen molar-refractivity contribution in [3.8, 4) is 0 Å². The van der Waals surface area contributed by atoms with Gasteiger partial charge >= 0.3 is 19.4 Å². The Morgan fingerprint density at radius 3 is 1.71 bits per heavy atom. The zero-order valence-corrected chi connectivity index (χ0v) is 37.5. The molecule has 354 valence electrons. The number of ether oxygens (including phenoxy) is 4. The molecule has 0 saturated carbocycles. The fraction of sp³-hybridized carbons (Fsp3) is 0.515. The average molecular weight is 998 g/mol. The third-order valence-corrected chi connectivity index (χ3v) is 14.2. The number of aliphatic hydroxyl groups excluding tert-OH is 2. The summed E-state index contributed by atoms with van der Waals surface area (Å²) in [4.78, 5) is 71.9. The number of rotatable bonds is 17. The number of carboxylic acid groups (broad SMARTS) is 1. The van der Waals surface area contributed by atoms with Crippen molar-refractivity contribution in [2.24, 2.45) is 0 Å². The van der Waals surface area contributed by atoms with Gasteiger partial charge in [-0.3, -0.25) is 23.0 Å². The molecule has 3 saturated heterocycles. The summed E-state index contributed by atoms with van der Waals surface area (Å²) in [6, 6.07) is 0. The minimum Gasteiger partial charge on any atom is -0.481 e. The number of methoxy groups -OCH3 is 1. The van der Waals surface area contributed by atoms with Gasteiger partial charge in [-0.1, -0.05) is 0 Å². The van der Waals surface area contributed by atoms with Crippen LogP contribution in [0.4, 0.5) is 17.5 Å². The van der Waals surface area contributed by atoms with Gasteiger partial charge in [-0.05, 0) is 30.0 Å². The van der Waals surface area contributed by atoms with Gasteiger partial charge in [0.25, 0.3) is 0 Å². The molecule has 3 fully saturated rings. The van der Waals surface area contributed by atoms with Gasteiger partial charge in [0.2, 0.25) is 0 Å². The number of hydrogen-bond acceptors (Lipinski definition) is 25. The van der Waals surface area contributed by atoms with Crippen molar-refractivity contribution in [2.75, 3.05) is 37.5 Å². The Labute approximate surface area is 380 Å². The Balaban J connectivity index is 0.921. The second-order valence-electron chi connectivity index (χ2n) is 15.1. The van der Waals surface area contributed by atoms with Gasteiger partial charge in [-0.2, -0.15) is 0 Å². The maximum absolute atomic E-state index is 11.6. The standard InChI is InChI=1S/C33H41N15O14P2S2/c1-55-23-16(6-57-63(53,65)61-14-4-13(2-3-17(49)50)58-31(14)46-10-43-18-25(34)37-7-40-28(18)46)60-33(48-12-45-20-27(36)39-9-42-30(20)48)24(23)62-64(54,66)56-5-15-21(51)22(52)32(59-15)47-11-44-19-26(35)38-8-41-29(19)47/h7-16,21-24,31-33,51-52H,2-6H2,1H3,(H,49,50)(H,53,65)(H,54,66)(H2,34,37,40)(H2,35,38,41)(H2,36,39,42). The Kier molecular flexibility index (Phi) is 13.0. The van der Waals surface area contributed by atoms with E-state index in [1.54, 1.807) is 0 Å². The number of aliphatic hydroxyl groups is 2. The summed E-state index contributed by atoms with van der Waals surface area (Å²) in [5.74, 6) is -0.774. The molecule has 29 nitrogen and oxygen atoms in total. The molecule has 0 bridgehead atoms. The molecule has 0 radical (unpaired) electrons. The van der Waals surface area contributed by atoms with Crippen LogP contribution in [0.25, 0.3) is 33.5 Å². The predicted molar refractivity (Wildman–Crippen MR) is 230 cm³/mol. The largest absolute Gasteiger partial charge is 0.481 e. The van der Waals surface area contributed by atoms with Crippen LogP contribution in [0.5, 0.6) is 0 Å². The highest BCUT2D eigenvalue weighted by Gasteiger charge is 2.52. The van der Waals surface area contributed by atoms with Crippen LogP contribution < -0.4 is 17.2 Å². The van der Waals surface area contributed by atoms with Crippen molar-refractivity contribution >= 4 is 94.0 Å². The lowest BCUT2D eigenvalue weighted by molar-refractivity contribution is -0.138. The summed E-state index contributed by atoms with van der Waals surface area (Å²) in [6.45, 7) is -9.61. The first-order valence-corrected chi connectivity index (χ1v) is 24.9. The maximum Gasteiger partial charge on any atom is 0.325 e. The molecule has 0 amide bonds. The predicted octanol–water partition coefficient (Wildman–Crippen LogP) is -0.826. The first-order chi connectivity index (χ1) is 31.5. The zero-order chi connectivity index (χ0) is 46.7. The van der Waals surface area contributed by atoms with Gasteiger partial charge in [0.15, 0.2) is 53.1 Å². The van der Waals surface area contributed by atoms with E-state index < -0.39 is 100 Å². The minimum absolute atomic E-state index is 0.0559. The van der Waals surface area contributed by atoms with E-state index in [1.807, 2.05) is 0 Å². The van der Waals surface area contributed by atoms with Crippen LogP contribution in [0.3, 0.4) is 0 Å². The van der Waals surface area contributed by atoms with Crippen molar-refractivity contribution in [1.82, 2.24) is 58.6 Å². The molecule has 9 rings (SSSR count). The normalized spacial score (nSPS) is 29.8. The van der Waals surface area contributed by atoms with E-state index in [1.165, 1.54) is 58.8 Å². The van der Waals surface area contributed by atoms with Crippen LogP contribution in [-0.2, 0) is 65.5 Å². The van der Waals surface area contributed by atoms with E-state index in [0.717, 1.165) is 0 Å². The molecule has 33 heteroatoms. The average Bonchev–Trinajstić information content (AvgIpc) is 4.14. The highest BCUT2D eigenvalue weighted by Crippen LogP contribution is 2.53. The minimum atomic E-state index is -4.34. The number of imidazole rings is 3. The van der Waals surface area contributed by atoms with Crippen molar-refractivity contribution < 1.29 is 66.9 Å². The fourth-order valence-corrected chi connectivity index (χ4v) is 10.8. The highest BCUT2D eigenvalue weighted by molar-refractivity contribution is 8.07. The molecule has 3 aliphatic heterocycles. The molecule has 6 aromatic heterocycles. The number of aliphatic carboxylic acids is 1. The monoisotopic (exact) mass is 997 g/mol. The summed E-state index contributed by atoms with van der Waals surface area (Å²) in [5.41, 5.74) is 19.4. The lowest BCUT2D eigenvalue weighted by Crippen LogP contribution is -2.37. The van der Waals surface area contributed by atoms with Gasteiger partial charge in [0.1, 0.15) is 78.3 Å². The molecular weight excluding hydrogens is 957 g/mol.